The molecule has 0 radical (unpaired) electrons. The summed E-state index contributed by atoms with van der Waals surface area (Å²) in [4.78, 5) is 19.2. The van der Waals surface area contributed by atoms with Crippen molar-refractivity contribution in [1.82, 2.24) is 14.8 Å². The Balaban J connectivity index is 1.10. The molecule has 236 valence electrons. The fourth-order valence-electron chi connectivity index (χ4n) is 7.01. The fourth-order valence-corrected chi connectivity index (χ4v) is 7.22. The Morgan fingerprint density at radius 2 is 1.93 bits per heavy atom. The van der Waals surface area contributed by atoms with E-state index in [-0.39, 0.29) is 28.8 Å². The number of ether oxygens (including phenoxy) is 4. The van der Waals surface area contributed by atoms with Crippen LogP contribution >= 0.6 is 11.6 Å². The molecule has 4 aliphatic rings. The van der Waals surface area contributed by atoms with Crippen LogP contribution in [0.5, 0.6) is 5.88 Å². The van der Waals surface area contributed by atoms with Crippen molar-refractivity contribution in [3.8, 4) is 5.88 Å². The Labute approximate surface area is 252 Å². The second kappa shape index (κ2) is 12.8. The van der Waals surface area contributed by atoms with Gasteiger partial charge < -0.3 is 29.2 Å². The maximum absolute atomic E-state index is 13.3. The first-order valence-corrected chi connectivity index (χ1v) is 15.3. The third-order valence-corrected chi connectivity index (χ3v) is 9.70. The second-order valence-corrected chi connectivity index (χ2v) is 12.4. The lowest BCUT2D eigenvalue weighted by Gasteiger charge is -2.40. The van der Waals surface area contributed by atoms with E-state index in [4.69, 9.17) is 25.8 Å². The van der Waals surface area contributed by atoms with Gasteiger partial charge in [-0.25, -0.2) is 9.67 Å². The third kappa shape index (κ3) is 7.05. The number of fused-ring (bicyclic) bond motifs is 1. The Morgan fingerprint density at radius 1 is 1.12 bits per heavy atom. The summed E-state index contributed by atoms with van der Waals surface area (Å²) in [5, 5.41) is 7.96. The number of anilines is 2. The molecule has 2 aromatic heterocycles. The molecule has 4 heterocycles. The normalized spacial score (nSPS) is 30.8. The molecule has 0 spiro atoms. The lowest BCUT2D eigenvalue weighted by molar-refractivity contribution is -0.276. The summed E-state index contributed by atoms with van der Waals surface area (Å²) in [6.45, 7) is 6.43. The van der Waals surface area contributed by atoms with Gasteiger partial charge in [-0.1, -0.05) is 18.5 Å². The van der Waals surface area contributed by atoms with Crippen LogP contribution in [0.25, 0.3) is 0 Å². The summed E-state index contributed by atoms with van der Waals surface area (Å²) >= 11 is 6.54. The van der Waals surface area contributed by atoms with E-state index in [1.54, 1.807) is 12.3 Å². The molecule has 0 bridgehead atoms. The van der Waals surface area contributed by atoms with E-state index in [0.717, 1.165) is 19.4 Å². The van der Waals surface area contributed by atoms with Crippen LogP contribution in [-0.2, 0) is 14.2 Å². The van der Waals surface area contributed by atoms with Crippen LogP contribution in [0.2, 0.25) is 5.02 Å². The lowest BCUT2D eigenvalue weighted by Crippen LogP contribution is -2.46. The molecule has 0 unspecified atom stereocenters. The van der Waals surface area contributed by atoms with Crippen molar-refractivity contribution in [2.24, 2.45) is 23.7 Å². The van der Waals surface area contributed by atoms with Crippen molar-refractivity contribution in [2.75, 3.05) is 56.3 Å². The Hall–Kier alpha value is -2.61. The van der Waals surface area contributed by atoms with E-state index < -0.39 is 12.2 Å². The molecule has 14 heteroatoms. The van der Waals surface area contributed by atoms with Crippen LogP contribution in [0.1, 0.15) is 38.6 Å². The summed E-state index contributed by atoms with van der Waals surface area (Å²) < 4.78 is 60.6. The van der Waals surface area contributed by atoms with Gasteiger partial charge in [0, 0.05) is 37.7 Å². The minimum absolute atomic E-state index is 0.0522. The maximum atomic E-state index is 13.3. The van der Waals surface area contributed by atoms with E-state index in [0.29, 0.717) is 87.4 Å². The van der Waals surface area contributed by atoms with Gasteiger partial charge in [0.05, 0.1) is 62.3 Å². The average Bonchev–Trinajstić information content (AvgIpc) is 3.67. The van der Waals surface area contributed by atoms with Crippen molar-refractivity contribution in [1.29, 1.82) is 0 Å². The number of rotatable bonds is 9. The van der Waals surface area contributed by atoms with Crippen molar-refractivity contribution in [3.63, 3.8) is 0 Å². The topological polar surface area (TPSA) is 100.0 Å². The van der Waals surface area contributed by atoms with Crippen molar-refractivity contribution in [3.05, 3.63) is 39.9 Å². The van der Waals surface area contributed by atoms with Gasteiger partial charge in [0.15, 0.2) is 0 Å². The first-order chi connectivity index (χ1) is 20.7. The van der Waals surface area contributed by atoms with Gasteiger partial charge in [0.1, 0.15) is 5.02 Å². The van der Waals surface area contributed by atoms with Crippen molar-refractivity contribution in [2.45, 2.75) is 57.2 Å². The zero-order valence-electron chi connectivity index (χ0n) is 24.0. The van der Waals surface area contributed by atoms with Crippen LogP contribution in [0.15, 0.2) is 29.3 Å². The van der Waals surface area contributed by atoms with Crippen LogP contribution in [0.3, 0.4) is 0 Å². The number of nitrogens with zero attached hydrogens (tertiary/aromatic N) is 4. The van der Waals surface area contributed by atoms with Crippen LogP contribution in [0, 0.1) is 23.7 Å². The van der Waals surface area contributed by atoms with E-state index in [2.05, 4.69) is 32.0 Å². The number of hydrogen-bond acceptors (Lipinski definition) is 9. The minimum atomic E-state index is -4.81. The molecule has 43 heavy (non-hydrogen) atoms. The van der Waals surface area contributed by atoms with Gasteiger partial charge in [-0.05, 0) is 49.5 Å². The molecule has 6 rings (SSSR count). The Kier molecular flexibility index (Phi) is 9.04. The van der Waals surface area contributed by atoms with E-state index in [1.807, 2.05) is 0 Å². The molecular weight excluding hydrogens is 591 g/mol. The number of halogens is 4. The van der Waals surface area contributed by atoms with Gasteiger partial charge in [0.25, 0.3) is 5.56 Å². The summed E-state index contributed by atoms with van der Waals surface area (Å²) in [5.74, 6) is 1.83. The number of pyridine rings is 1. The van der Waals surface area contributed by atoms with Crippen LogP contribution in [0.4, 0.5) is 24.5 Å². The predicted octanol–water partition coefficient (Wildman–Crippen LogP) is 4.54. The molecule has 2 saturated carbocycles. The monoisotopic (exact) mass is 627 g/mol. The smallest absolute Gasteiger partial charge is 0.388 e. The van der Waals surface area contributed by atoms with Gasteiger partial charge in [-0.3, -0.25) is 4.79 Å². The number of nitrogens with one attached hydrogen (secondary N) is 1. The molecule has 10 nitrogen and oxygen atoms in total. The second-order valence-electron chi connectivity index (χ2n) is 12.0. The summed E-state index contributed by atoms with van der Waals surface area (Å²) in [5.41, 5.74) is 0.885. The number of aromatic nitrogens is 3. The molecule has 2 saturated heterocycles. The highest BCUT2D eigenvalue weighted by atomic mass is 35.5. The third-order valence-electron chi connectivity index (χ3n) is 9.33. The number of alkyl halides is 3. The molecule has 4 fully saturated rings. The average molecular weight is 628 g/mol. The lowest BCUT2D eigenvalue weighted by atomic mass is 9.89. The molecule has 0 amide bonds. The summed E-state index contributed by atoms with van der Waals surface area (Å²) in [7, 11) is 0. The molecule has 2 aromatic rings. The van der Waals surface area contributed by atoms with Crippen molar-refractivity contribution >= 4 is 23.0 Å². The summed E-state index contributed by atoms with van der Waals surface area (Å²) in [6, 6.07) is 2.72. The Bertz CT molecular complexity index is 1300. The predicted molar refractivity (Wildman–Crippen MR) is 153 cm³/mol. The quantitative estimate of drug-likeness (QED) is 0.430. The van der Waals surface area contributed by atoms with Gasteiger partial charge in [-0.15, -0.1) is 13.2 Å². The highest BCUT2D eigenvalue weighted by Gasteiger charge is 2.53. The summed E-state index contributed by atoms with van der Waals surface area (Å²) in [6.07, 6.45) is 0.848. The Morgan fingerprint density at radius 3 is 2.63 bits per heavy atom. The minimum Gasteiger partial charge on any atom is -0.388 e. The number of hydrogen-bond donors (Lipinski definition) is 1. The van der Waals surface area contributed by atoms with Crippen LogP contribution in [-0.4, -0.2) is 79.4 Å². The van der Waals surface area contributed by atoms with Gasteiger partial charge in [0.2, 0.25) is 5.88 Å². The van der Waals surface area contributed by atoms with Crippen molar-refractivity contribution < 1.29 is 32.1 Å². The van der Waals surface area contributed by atoms with E-state index in [9.17, 15) is 18.0 Å². The molecule has 1 N–H and O–H groups in total. The standard InChI is InChI=1S/C29H37ClF3N5O5/c1-17-23-16-41-14-18(26(17)23)10-34-24-12-36-38(28(39)27(24)30)20-4-2-19(3-5-20)37(13-22-15-40-8-9-42-22)21-6-7-25(35-11-21)43-29(31,32)33/h6-7,11-12,17-20,22-23,26,34H,2-5,8-10,13-16H2,1H3/t17-,18+,19-,20-,22-,23+,26+/m0/s1. The van der Waals surface area contributed by atoms with Gasteiger partial charge in [-0.2, -0.15) is 5.10 Å². The largest absolute Gasteiger partial charge is 0.574 e. The molecule has 0 aromatic carbocycles. The van der Waals surface area contributed by atoms with Crippen LogP contribution < -0.4 is 20.5 Å². The zero-order valence-corrected chi connectivity index (χ0v) is 24.7. The highest BCUT2D eigenvalue weighted by molar-refractivity contribution is 6.32. The molecule has 5 atom stereocenters. The highest BCUT2D eigenvalue weighted by Crippen LogP contribution is 2.53. The molecule has 2 aliphatic carbocycles. The molecular formula is C29H37ClF3N5O5. The maximum Gasteiger partial charge on any atom is 0.574 e. The van der Waals surface area contributed by atoms with E-state index >= 15 is 0 Å². The fraction of sp³-hybridized carbons (Fsp3) is 0.690. The van der Waals surface area contributed by atoms with Gasteiger partial charge >= 0.3 is 6.36 Å². The SMILES string of the molecule is C[C@H]1[C@H]2COC[C@@H](CNc3cnn([C@H]4CC[C@H](N(C[C@H]5COCCO5)c5ccc(OC(F)(F)F)nc5)CC4)c(=O)c3Cl)[C@@H]12. The first kappa shape index (κ1) is 30.4. The first-order valence-electron chi connectivity index (χ1n) is 14.9. The molecule has 2 aliphatic heterocycles. The van der Waals surface area contributed by atoms with E-state index in [1.165, 1.54) is 16.9 Å². The zero-order chi connectivity index (χ0) is 30.1.